The maximum absolute atomic E-state index is 12.8. The van der Waals surface area contributed by atoms with Crippen LogP contribution in [0.3, 0.4) is 0 Å². The van der Waals surface area contributed by atoms with Crippen molar-refractivity contribution in [2.24, 2.45) is 0 Å². The average Bonchev–Trinajstić information content (AvgIpc) is 3.41. The number of hydrogen-bond acceptors (Lipinski definition) is 6. The molecular weight excluding hydrogens is 410 g/mol. The summed E-state index contributed by atoms with van der Waals surface area (Å²) in [4.78, 5) is 19.7. The minimum absolute atomic E-state index is 0.00687. The molecule has 31 heavy (non-hydrogen) atoms. The summed E-state index contributed by atoms with van der Waals surface area (Å²) >= 11 is 1.69. The smallest absolute Gasteiger partial charge is 0.241 e. The number of amides is 1. The molecule has 0 aliphatic carbocycles. The Bertz CT molecular complexity index is 1080. The van der Waals surface area contributed by atoms with Crippen molar-refractivity contribution in [1.82, 2.24) is 9.88 Å². The molecule has 5 rings (SSSR count). The van der Waals surface area contributed by atoms with Crippen LogP contribution in [-0.2, 0) is 14.3 Å². The first-order valence-electron chi connectivity index (χ1n) is 10.8. The third kappa shape index (κ3) is 4.23. The van der Waals surface area contributed by atoms with Gasteiger partial charge in [-0.05, 0) is 55.8 Å². The highest BCUT2D eigenvalue weighted by atomic mass is 32.1. The Kier molecular flexibility index (Phi) is 5.52. The van der Waals surface area contributed by atoms with Crippen LogP contribution in [0.4, 0.5) is 5.69 Å². The summed E-state index contributed by atoms with van der Waals surface area (Å²) in [5.74, 6) is -0.408. The zero-order valence-electron chi connectivity index (χ0n) is 17.9. The van der Waals surface area contributed by atoms with E-state index < -0.39 is 5.79 Å². The molecule has 0 radical (unpaired) electrons. The van der Waals surface area contributed by atoms with Crippen LogP contribution < -0.4 is 5.32 Å². The van der Waals surface area contributed by atoms with Gasteiger partial charge in [-0.25, -0.2) is 4.98 Å². The SMILES string of the molecule is Cc1ccc2nc(-c3ccc(NC(=O)C(C)N4CCC5(CC4)OCCO5)cc3)sc2c1. The molecule has 6 nitrogen and oxygen atoms in total. The van der Waals surface area contributed by atoms with Gasteiger partial charge in [0.2, 0.25) is 5.91 Å². The second kappa shape index (κ2) is 8.31. The van der Waals surface area contributed by atoms with Gasteiger partial charge in [0.05, 0.1) is 29.5 Å². The predicted octanol–water partition coefficient (Wildman–Crippen LogP) is 4.44. The quantitative estimate of drug-likeness (QED) is 0.654. The van der Waals surface area contributed by atoms with Gasteiger partial charge in [-0.1, -0.05) is 6.07 Å². The van der Waals surface area contributed by atoms with E-state index in [-0.39, 0.29) is 11.9 Å². The molecule has 2 saturated heterocycles. The summed E-state index contributed by atoms with van der Waals surface area (Å²) in [5.41, 5.74) is 4.12. The van der Waals surface area contributed by atoms with Crippen molar-refractivity contribution in [3.05, 3.63) is 48.0 Å². The highest BCUT2D eigenvalue weighted by Crippen LogP contribution is 2.33. The highest BCUT2D eigenvalue weighted by molar-refractivity contribution is 7.21. The van der Waals surface area contributed by atoms with E-state index >= 15 is 0 Å². The number of carbonyl (C=O) groups excluding carboxylic acids is 1. The molecule has 1 atom stereocenters. The molecule has 0 bridgehead atoms. The molecule has 1 spiro atoms. The Morgan fingerprint density at radius 2 is 1.84 bits per heavy atom. The lowest BCUT2D eigenvalue weighted by Gasteiger charge is -2.39. The second-order valence-electron chi connectivity index (χ2n) is 8.38. The molecule has 1 amide bonds. The molecular formula is C24H27N3O3S. The van der Waals surface area contributed by atoms with Crippen molar-refractivity contribution >= 4 is 33.1 Å². The van der Waals surface area contributed by atoms with Crippen LogP contribution in [0.25, 0.3) is 20.8 Å². The summed E-state index contributed by atoms with van der Waals surface area (Å²) in [5, 5.41) is 4.04. The average molecular weight is 438 g/mol. The number of aromatic nitrogens is 1. The van der Waals surface area contributed by atoms with E-state index in [9.17, 15) is 4.79 Å². The Hall–Kier alpha value is -2.32. The number of hydrogen-bond donors (Lipinski definition) is 1. The topological polar surface area (TPSA) is 63.7 Å². The van der Waals surface area contributed by atoms with Gasteiger partial charge < -0.3 is 14.8 Å². The number of likely N-dealkylation sites (tertiary alicyclic amines) is 1. The van der Waals surface area contributed by atoms with Gasteiger partial charge in [0, 0.05) is 37.2 Å². The van der Waals surface area contributed by atoms with Crippen molar-refractivity contribution in [3.63, 3.8) is 0 Å². The monoisotopic (exact) mass is 437 g/mol. The first-order valence-corrected chi connectivity index (χ1v) is 11.6. The van der Waals surface area contributed by atoms with E-state index in [0.717, 1.165) is 47.7 Å². The van der Waals surface area contributed by atoms with Crippen molar-refractivity contribution in [2.75, 3.05) is 31.6 Å². The van der Waals surface area contributed by atoms with Crippen LogP contribution in [0.5, 0.6) is 0 Å². The van der Waals surface area contributed by atoms with Gasteiger partial charge >= 0.3 is 0 Å². The van der Waals surface area contributed by atoms with Crippen LogP contribution in [0.2, 0.25) is 0 Å². The summed E-state index contributed by atoms with van der Waals surface area (Å²) < 4.78 is 12.8. The maximum atomic E-state index is 12.8. The molecule has 7 heteroatoms. The highest BCUT2D eigenvalue weighted by Gasteiger charge is 2.41. The molecule has 1 aromatic heterocycles. The minimum Gasteiger partial charge on any atom is -0.347 e. The van der Waals surface area contributed by atoms with Crippen LogP contribution in [-0.4, -0.2) is 53.9 Å². The van der Waals surface area contributed by atoms with Gasteiger partial charge in [0.1, 0.15) is 5.01 Å². The number of rotatable bonds is 4. The minimum atomic E-state index is -0.415. The van der Waals surface area contributed by atoms with Crippen LogP contribution in [0.15, 0.2) is 42.5 Å². The van der Waals surface area contributed by atoms with Gasteiger partial charge in [-0.3, -0.25) is 9.69 Å². The van der Waals surface area contributed by atoms with Crippen molar-refractivity contribution in [2.45, 2.75) is 38.5 Å². The predicted molar refractivity (Wildman–Crippen MR) is 123 cm³/mol. The fourth-order valence-corrected chi connectivity index (χ4v) is 5.37. The molecule has 1 unspecified atom stereocenters. The van der Waals surface area contributed by atoms with Crippen LogP contribution >= 0.6 is 11.3 Å². The van der Waals surface area contributed by atoms with E-state index in [1.807, 2.05) is 31.2 Å². The lowest BCUT2D eigenvalue weighted by atomic mass is 10.0. The standard InChI is InChI=1S/C24H27N3O3S/c1-16-3-8-20-21(15-16)31-23(26-20)18-4-6-19(7-5-18)25-22(28)17(2)27-11-9-24(10-12-27)29-13-14-30-24/h3-8,15,17H,9-14H2,1-2H3,(H,25,28). The van der Waals surface area contributed by atoms with Crippen molar-refractivity contribution < 1.29 is 14.3 Å². The fourth-order valence-electron chi connectivity index (χ4n) is 4.30. The molecule has 2 fully saturated rings. The Balaban J connectivity index is 1.21. The number of nitrogens with one attached hydrogen (secondary N) is 1. The largest absolute Gasteiger partial charge is 0.347 e. The van der Waals surface area contributed by atoms with Gasteiger partial charge in [0.15, 0.2) is 5.79 Å². The Morgan fingerprint density at radius 3 is 2.55 bits per heavy atom. The number of aryl methyl sites for hydroxylation is 1. The number of thiazole rings is 1. The molecule has 0 saturated carbocycles. The Morgan fingerprint density at radius 1 is 1.13 bits per heavy atom. The molecule has 3 heterocycles. The zero-order chi connectivity index (χ0) is 21.4. The lowest BCUT2D eigenvalue weighted by Crippen LogP contribution is -2.51. The van der Waals surface area contributed by atoms with Gasteiger partial charge in [-0.2, -0.15) is 0 Å². The first-order chi connectivity index (χ1) is 15.0. The van der Waals surface area contributed by atoms with E-state index in [2.05, 4.69) is 35.3 Å². The summed E-state index contributed by atoms with van der Waals surface area (Å²) in [6, 6.07) is 14.0. The number of ether oxygens (including phenoxy) is 2. The van der Waals surface area contributed by atoms with E-state index in [4.69, 9.17) is 14.5 Å². The van der Waals surface area contributed by atoms with E-state index in [0.29, 0.717) is 13.2 Å². The number of fused-ring (bicyclic) bond motifs is 1. The molecule has 162 valence electrons. The summed E-state index contributed by atoms with van der Waals surface area (Å²) in [7, 11) is 0. The summed E-state index contributed by atoms with van der Waals surface area (Å²) in [6.45, 7) is 6.98. The zero-order valence-corrected chi connectivity index (χ0v) is 18.7. The first kappa shape index (κ1) is 20.6. The summed E-state index contributed by atoms with van der Waals surface area (Å²) in [6.07, 6.45) is 1.61. The van der Waals surface area contributed by atoms with Gasteiger partial charge in [-0.15, -0.1) is 11.3 Å². The molecule has 3 aromatic rings. The molecule has 2 aromatic carbocycles. The number of anilines is 1. The third-order valence-corrected chi connectivity index (χ3v) is 7.31. The molecule has 2 aliphatic rings. The van der Waals surface area contributed by atoms with Crippen LogP contribution in [0, 0.1) is 6.92 Å². The molecule has 2 aliphatic heterocycles. The number of carbonyl (C=O) groups is 1. The Labute approximate surface area is 186 Å². The maximum Gasteiger partial charge on any atom is 0.241 e. The van der Waals surface area contributed by atoms with Crippen molar-refractivity contribution in [3.8, 4) is 10.6 Å². The lowest BCUT2D eigenvalue weighted by molar-refractivity contribution is -0.187. The normalized spacial score (nSPS) is 19.7. The van der Waals surface area contributed by atoms with Crippen molar-refractivity contribution in [1.29, 1.82) is 0 Å². The second-order valence-corrected chi connectivity index (χ2v) is 9.41. The van der Waals surface area contributed by atoms with Crippen LogP contribution in [0.1, 0.15) is 25.3 Å². The number of piperidine rings is 1. The fraction of sp³-hybridized carbons (Fsp3) is 0.417. The number of nitrogens with zero attached hydrogens (tertiary/aromatic N) is 2. The van der Waals surface area contributed by atoms with E-state index in [1.165, 1.54) is 10.3 Å². The van der Waals surface area contributed by atoms with Gasteiger partial charge in [0.25, 0.3) is 0 Å². The number of benzene rings is 2. The molecule has 1 N–H and O–H groups in total. The third-order valence-electron chi connectivity index (χ3n) is 6.24. The van der Waals surface area contributed by atoms with E-state index in [1.54, 1.807) is 11.3 Å².